The molecule has 0 bridgehead atoms. The van der Waals surface area contributed by atoms with E-state index in [-0.39, 0.29) is 18.0 Å². The van der Waals surface area contributed by atoms with Gasteiger partial charge in [0.15, 0.2) is 11.9 Å². The zero-order chi connectivity index (χ0) is 22.9. The fourth-order valence-electron chi connectivity index (χ4n) is 2.95. The summed E-state index contributed by atoms with van der Waals surface area (Å²) in [5.41, 5.74) is 1.74. The van der Waals surface area contributed by atoms with Crippen LogP contribution in [0.4, 0.5) is 0 Å². The molecule has 3 aromatic rings. The topological polar surface area (TPSA) is 113 Å². The van der Waals surface area contributed by atoms with Gasteiger partial charge in [0.2, 0.25) is 0 Å². The van der Waals surface area contributed by atoms with Gasteiger partial charge in [-0.25, -0.2) is 4.79 Å². The van der Waals surface area contributed by atoms with Gasteiger partial charge in [0.05, 0.1) is 13.2 Å². The number of carbonyl (C=O) groups is 2. The molecule has 1 unspecified atom stereocenters. The average molecular weight is 436 g/mol. The van der Waals surface area contributed by atoms with Crippen LogP contribution < -0.4 is 9.47 Å². The van der Waals surface area contributed by atoms with Crippen molar-refractivity contribution in [3.63, 3.8) is 0 Å². The lowest BCUT2D eigenvalue weighted by atomic mass is 10.0. The molecule has 166 valence electrons. The first kappa shape index (κ1) is 22.8. The Labute approximate surface area is 185 Å². The van der Waals surface area contributed by atoms with Crippen LogP contribution in [-0.2, 0) is 11.2 Å². The first-order valence-corrected chi connectivity index (χ1v) is 10.1. The Morgan fingerprint density at radius 2 is 1.22 bits per heavy atom. The van der Waals surface area contributed by atoms with Gasteiger partial charge in [0.25, 0.3) is 0 Å². The molecule has 0 heterocycles. The maximum atomic E-state index is 12.4. The Balaban J connectivity index is 1.39. The van der Waals surface area contributed by atoms with E-state index in [0.717, 1.165) is 0 Å². The van der Waals surface area contributed by atoms with E-state index in [9.17, 15) is 19.8 Å². The molecule has 0 spiro atoms. The standard InChI is InChI=1S/C25H24O7/c26-20-8-4-18(5-9-20)24(28)19-6-12-22(13-7-19)32-15-1-14-31-21-10-2-17(3-11-21)16-23(27)25(29)30/h2-13,23,26-27H,1,14-16H2,(H,29,30). The second kappa shape index (κ2) is 11.0. The van der Waals surface area contributed by atoms with E-state index < -0.39 is 12.1 Å². The summed E-state index contributed by atoms with van der Waals surface area (Å²) in [7, 11) is 0. The Morgan fingerprint density at radius 1 is 0.750 bits per heavy atom. The number of aliphatic hydroxyl groups excluding tert-OH is 1. The molecular weight excluding hydrogens is 412 g/mol. The van der Waals surface area contributed by atoms with Crippen molar-refractivity contribution in [3.05, 3.63) is 89.5 Å². The number of rotatable bonds is 11. The van der Waals surface area contributed by atoms with E-state index in [1.54, 1.807) is 60.7 Å². The summed E-state index contributed by atoms with van der Waals surface area (Å²) in [5.74, 6) is 0.0310. The molecule has 0 aromatic heterocycles. The molecule has 3 rings (SSSR count). The van der Waals surface area contributed by atoms with Gasteiger partial charge in [0.1, 0.15) is 17.2 Å². The van der Waals surface area contributed by atoms with Crippen molar-refractivity contribution in [2.24, 2.45) is 0 Å². The first-order chi connectivity index (χ1) is 15.4. The van der Waals surface area contributed by atoms with Crippen LogP contribution in [0.15, 0.2) is 72.8 Å². The fourth-order valence-corrected chi connectivity index (χ4v) is 2.95. The van der Waals surface area contributed by atoms with Gasteiger partial charge < -0.3 is 24.8 Å². The minimum atomic E-state index is -1.42. The van der Waals surface area contributed by atoms with Crippen molar-refractivity contribution in [2.45, 2.75) is 18.9 Å². The third-order valence-electron chi connectivity index (χ3n) is 4.71. The average Bonchev–Trinajstić information content (AvgIpc) is 2.80. The van der Waals surface area contributed by atoms with E-state index in [1.807, 2.05) is 0 Å². The predicted molar refractivity (Wildman–Crippen MR) is 117 cm³/mol. The number of aromatic hydroxyl groups is 1. The number of hydrogen-bond donors (Lipinski definition) is 3. The number of phenolic OH excluding ortho intramolecular Hbond substituents is 1. The van der Waals surface area contributed by atoms with E-state index in [4.69, 9.17) is 14.6 Å². The molecule has 3 N–H and O–H groups in total. The summed E-state index contributed by atoms with van der Waals surface area (Å²) in [5, 5.41) is 27.4. The molecule has 0 saturated carbocycles. The van der Waals surface area contributed by atoms with Gasteiger partial charge in [0, 0.05) is 24.0 Å². The number of phenols is 1. The number of ether oxygens (including phenoxy) is 2. The second-order valence-corrected chi connectivity index (χ2v) is 7.15. The molecule has 0 fully saturated rings. The van der Waals surface area contributed by atoms with Gasteiger partial charge >= 0.3 is 5.97 Å². The van der Waals surface area contributed by atoms with Crippen LogP contribution in [0.25, 0.3) is 0 Å². The summed E-state index contributed by atoms with van der Waals surface area (Å²) in [6, 6.07) is 19.9. The number of carboxylic acid groups (broad SMARTS) is 1. The van der Waals surface area contributed by atoms with Crippen molar-refractivity contribution in [3.8, 4) is 17.2 Å². The van der Waals surface area contributed by atoms with Gasteiger partial charge in [-0.2, -0.15) is 0 Å². The molecule has 1 atom stereocenters. The van der Waals surface area contributed by atoms with E-state index in [0.29, 0.717) is 47.8 Å². The maximum Gasteiger partial charge on any atom is 0.332 e. The number of ketones is 1. The summed E-state index contributed by atoms with van der Waals surface area (Å²) in [6.07, 6.45) is -0.727. The van der Waals surface area contributed by atoms with Gasteiger partial charge in [-0.05, 0) is 66.2 Å². The smallest absolute Gasteiger partial charge is 0.332 e. The molecule has 0 aliphatic heterocycles. The third-order valence-corrected chi connectivity index (χ3v) is 4.71. The highest BCUT2D eigenvalue weighted by Crippen LogP contribution is 2.18. The lowest BCUT2D eigenvalue weighted by Gasteiger charge is -2.10. The minimum absolute atomic E-state index is 0.0444. The normalized spacial score (nSPS) is 11.5. The van der Waals surface area contributed by atoms with E-state index in [2.05, 4.69) is 0 Å². The molecule has 0 saturated heterocycles. The van der Waals surface area contributed by atoms with Crippen molar-refractivity contribution < 1.29 is 34.4 Å². The molecule has 0 aliphatic rings. The van der Waals surface area contributed by atoms with Gasteiger partial charge in [-0.3, -0.25) is 4.79 Å². The Hall–Kier alpha value is -3.84. The van der Waals surface area contributed by atoms with E-state index >= 15 is 0 Å². The predicted octanol–water partition coefficient (Wildman–Crippen LogP) is 3.46. The van der Waals surface area contributed by atoms with Crippen LogP contribution >= 0.6 is 0 Å². The number of carbonyl (C=O) groups excluding carboxylic acids is 1. The minimum Gasteiger partial charge on any atom is -0.508 e. The number of aliphatic carboxylic acids is 1. The van der Waals surface area contributed by atoms with Crippen molar-refractivity contribution in [2.75, 3.05) is 13.2 Å². The first-order valence-electron chi connectivity index (χ1n) is 10.1. The molecule has 0 amide bonds. The highest BCUT2D eigenvalue weighted by atomic mass is 16.5. The lowest BCUT2D eigenvalue weighted by molar-refractivity contribution is -0.146. The fraction of sp³-hybridized carbons (Fsp3) is 0.200. The third kappa shape index (κ3) is 6.58. The summed E-state index contributed by atoms with van der Waals surface area (Å²) in [6.45, 7) is 0.878. The zero-order valence-corrected chi connectivity index (χ0v) is 17.3. The molecule has 32 heavy (non-hydrogen) atoms. The van der Waals surface area contributed by atoms with E-state index in [1.165, 1.54) is 12.1 Å². The number of carboxylic acids is 1. The summed E-state index contributed by atoms with van der Waals surface area (Å²) in [4.78, 5) is 23.1. The number of benzene rings is 3. The highest BCUT2D eigenvalue weighted by Gasteiger charge is 2.13. The molecular formula is C25H24O7. The molecule has 0 radical (unpaired) electrons. The Kier molecular flexibility index (Phi) is 7.83. The van der Waals surface area contributed by atoms with Gasteiger partial charge in [-0.15, -0.1) is 0 Å². The molecule has 7 heteroatoms. The van der Waals surface area contributed by atoms with Crippen LogP contribution in [0.1, 0.15) is 27.9 Å². The monoisotopic (exact) mass is 436 g/mol. The summed E-state index contributed by atoms with van der Waals surface area (Å²) >= 11 is 0. The Bertz CT molecular complexity index is 1030. The van der Waals surface area contributed by atoms with Crippen LogP contribution in [0.2, 0.25) is 0 Å². The van der Waals surface area contributed by atoms with Crippen LogP contribution in [0.3, 0.4) is 0 Å². The lowest BCUT2D eigenvalue weighted by Crippen LogP contribution is -2.21. The van der Waals surface area contributed by atoms with Crippen molar-refractivity contribution >= 4 is 11.8 Å². The second-order valence-electron chi connectivity index (χ2n) is 7.15. The van der Waals surface area contributed by atoms with Gasteiger partial charge in [-0.1, -0.05) is 12.1 Å². The quantitative estimate of drug-likeness (QED) is 0.312. The molecule has 7 nitrogen and oxygen atoms in total. The largest absolute Gasteiger partial charge is 0.508 e. The zero-order valence-electron chi connectivity index (χ0n) is 17.3. The van der Waals surface area contributed by atoms with Crippen LogP contribution in [-0.4, -0.2) is 46.4 Å². The maximum absolute atomic E-state index is 12.4. The Morgan fingerprint density at radius 3 is 1.72 bits per heavy atom. The van der Waals surface area contributed by atoms with Crippen molar-refractivity contribution in [1.29, 1.82) is 0 Å². The van der Waals surface area contributed by atoms with Crippen LogP contribution in [0, 0.1) is 0 Å². The SMILES string of the molecule is O=C(c1ccc(O)cc1)c1ccc(OCCCOc2ccc(CC(O)C(=O)O)cc2)cc1. The summed E-state index contributed by atoms with van der Waals surface area (Å²) < 4.78 is 11.3. The van der Waals surface area contributed by atoms with Crippen molar-refractivity contribution in [1.82, 2.24) is 0 Å². The highest BCUT2D eigenvalue weighted by molar-refractivity contribution is 6.09. The molecule has 0 aliphatic carbocycles. The number of aliphatic hydroxyl groups is 1. The molecule has 3 aromatic carbocycles. The number of hydrogen-bond acceptors (Lipinski definition) is 6. The van der Waals surface area contributed by atoms with Crippen LogP contribution in [0.5, 0.6) is 17.2 Å².